The number of hydrogen-bond acceptors (Lipinski definition) is 3. The van der Waals surface area contributed by atoms with E-state index in [1.165, 1.54) is 57.4 Å². The summed E-state index contributed by atoms with van der Waals surface area (Å²) in [6.45, 7) is 2.08. The van der Waals surface area contributed by atoms with Crippen molar-refractivity contribution in [3.05, 3.63) is 29.6 Å². The number of nitrogens with one attached hydrogen (secondary N) is 1. The highest BCUT2D eigenvalue weighted by Crippen LogP contribution is 2.29. The van der Waals surface area contributed by atoms with Crippen molar-refractivity contribution in [2.75, 3.05) is 12.4 Å². The number of ether oxygens (including phenoxy) is 1. The van der Waals surface area contributed by atoms with Crippen LogP contribution in [-0.2, 0) is 4.74 Å². The Kier molecular flexibility index (Phi) is 4.99. The zero-order valence-electron chi connectivity index (χ0n) is 12.1. The van der Waals surface area contributed by atoms with Crippen molar-refractivity contribution in [3.8, 4) is 0 Å². The standard InChI is InChI=1S/C16H22FNO2/c1-11(12-6-4-3-5-7-12)18-15-10-13(16(19)20-2)8-9-14(15)17/h8-12,18H,3-7H2,1-2H3. The Hall–Kier alpha value is -1.58. The van der Waals surface area contributed by atoms with E-state index in [0.29, 0.717) is 17.2 Å². The van der Waals surface area contributed by atoms with Gasteiger partial charge in [-0.2, -0.15) is 0 Å². The molecule has 0 radical (unpaired) electrons. The molecule has 1 fully saturated rings. The second-order valence-electron chi connectivity index (χ2n) is 5.52. The molecule has 1 aromatic rings. The van der Waals surface area contributed by atoms with Crippen LogP contribution in [0.15, 0.2) is 18.2 Å². The largest absolute Gasteiger partial charge is 0.465 e. The summed E-state index contributed by atoms with van der Waals surface area (Å²) in [5, 5.41) is 3.22. The molecule has 0 saturated heterocycles. The van der Waals surface area contributed by atoms with Crippen molar-refractivity contribution in [2.45, 2.75) is 45.1 Å². The molecular formula is C16H22FNO2. The molecule has 1 aromatic carbocycles. The first kappa shape index (κ1) is 14.8. The van der Waals surface area contributed by atoms with Crippen LogP contribution in [-0.4, -0.2) is 19.1 Å². The van der Waals surface area contributed by atoms with Gasteiger partial charge in [-0.1, -0.05) is 19.3 Å². The van der Waals surface area contributed by atoms with Crippen LogP contribution in [0.5, 0.6) is 0 Å². The van der Waals surface area contributed by atoms with Gasteiger partial charge >= 0.3 is 5.97 Å². The third kappa shape index (κ3) is 3.50. The third-order valence-corrected chi connectivity index (χ3v) is 4.13. The van der Waals surface area contributed by atoms with E-state index in [0.717, 1.165) is 0 Å². The first-order chi connectivity index (χ1) is 9.61. The van der Waals surface area contributed by atoms with Gasteiger partial charge in [0.1, 0.15) is 5.82 Å². The lowest BCUT2D eigenvalue weighted by atomic mass is 9.84. The van der Waals surface area contributed by atoms with Crippen LogP contribution in [0.3, 0.4) is 0 Å². The zero-order valence-corrected chi connectivity index (χ0v) is 12.1. The first-order valence-electron chi connectivity index (χ1n) is 7.26. The number of esters is 1. The van der Waals surface area contributed by atoms with Crippen LogP contribution >= 0.6 is 0 Å². The molecule has 1 aliphatic rings. The van der Waals surface area contributed by atoms with Gasteiger partial charge in [0.15, 0.2) is 0 Å². The summed E-state index contributed by atoms with van der Waals surface area (Å²) in [6, 6.07) is 4.48. The number of carbonyl (C=O) groups excluding carboxylic acids is 1. The second-order valence-corrected chi connectivity index (χ2v) is 5.52. The summed E-state index contributed by atoms with van der Waals surface area (Å²) in [7, 11) is 1.32. The Morgan fingerprint density at radius 1 is 1.35 bits per heavy atom. The van der Waals surface area contributed by atoms with Gasteiger partial charge in [-0.3, -0.25) is 0 Å². The van der Waals surface area contributed by atoms with Gasteiger partial charge in [0.25, 0.3) is 0 Å². The lowest BCUT2D eigenvalue weighted by Crippen LogP contribution is -2.28. The highest BCUT2D eigenvalue weighted by Gasteiger charge is 2.21. The average molecular weight is 279 g/mol. The Balaban J connectivity index is 2.09. The molecule has 0 amide bonds. The van der Waals surface area contributed by atoms with Crippen LogP contribution in [0.25, 0.3) is 0 Å². The van der Waals surface area contributed by atoms with Crippen molar-refractivity contribution >= 4 is 11.7 Å². The van der Waals surface area contributed by atoms with Gasteiger partial charge < -0.3 is 10.1 Å². The third-order valence-electron chi connectivity index (χ3n) is 4.13. The highest BCUT2D eigenvalue weighted by molar-refractivity contribution is 5.90. The number of benzene rings is 1. The predicted octanol–water partition coefficient (Wildman–Crippen LogP) is 3.99. The molecule has 0 aliphatic heterocycles. The van der Waals surface area contributed by atoms with Crippen molar-refractivity contribution in [2.24, 2.45) is 5.92 Å². The second kappa shape index (κ2) is 6.73. The van der Waals surface area contributed by atoms with Crippen LogP contribution in [0.2, 0.25) is 0 Å². The fourth-order valence-corrected chi connectivity index (χ4v) is 2.88. The number of hydrogen-bond donors (Lipinski definition) is 1. The maximum atomic E-state index is 13.8. The van der Waals surface area contributed by atoms with E-state index >= 15 is 0 Å². The average Bonchev–Trinajstić information content (AvgIpc) is 2.49. The van der Waals surface area contributed by atoms with Gasteiger partial charge in [-0.25, -0.2) is 9.18 Å². The lowest BCUT2D eigenvalue weighted by Gasteiger charge is -2.29. The van der Waals surface area contributed by atoms with E-state index in [4.69, 9.17) is 0 Å². The summed E-state index contributed by atoms with van der Waals surface area (Å²) < 4.78 is 18.5. The van der Waals surface area contributed by atoms with Crippen molar-refractivity contribution in [1.82, 2.24) is 0 Å². The van der Waals surface area contributed by atoms with Gasteiger partial charge in [-0.05, 0) is 43.9 Å². The molecule has 0 heterocycles. The molecule has 2 rings (SSSR count). The Labute approximate surface area is 119 Å². The Bertz CT molecular complexity index is 470. The normalized spacial score (nSPS) is 17.6. The molecule has 1 aliphatic carbocycles. The van der Waals surface area contributed by atoms with E-state index in [-0.39, 0.29) is 11.9 Å². The van der Waals surface area contributed by atoms with E-state index in [1.54, 1.807) is 0 Å². The minimum Gasteiger partial charge on any atom is -0.465 e. The van der Waals surface area contributed by atoms with Gasteiger partial charge in [0.05, 0.1) is 18.4 Å². The monoisotopic (exact) mass is 279 g/mol. The molecule has 0 bridgehead atoms. The topological polar surface area (TPSA) is 38.3 Å². The molecule has 1 saturated carbocycles. The zero-order chi connectivity index (χ0) is 14.5. The smallest absolute Gasteiger partial charge is 0.337 e. The van der Waals surface area contributed by atoms with Crippen molar-refractivity contribution < 1.29 is 13.9 Å². The van der Waals surface area contributed by atoms with Gasteiger partial charge in [0, 0.05) is 6.04 Å². The quantitative estimate of drug-likeness (QED) is 0.847. The van der Waals surface area contributed by atoms with Crippen LogP contribution in [0.1, 0.15) is 49.4 Å². The van der Waals surface area contributed by atoms with Crippen LogP contribution in [0, 0.1) is 11.7 Å². The summed E-state index contributed by atoms with van der Waals surface area (Å²) >= 11 is 0. The number of halogens is 1. The number of carbonyl (C=O) groups is 1. The molecule has 3 nitrogen and oxygen atoms in total. The Morgan fingerprint density at radius 3 is 2.70 bits per heavy atom. The van der Waals surface area contributed by atoms with E-state index in [1.807, 2.05) is 0 Å². The summed E-state index contributed by atoms with van der Waals surface area (Å²) in [5.74, 6) is -0.205. The highest BCUT2D eigenvalue weighted by atomic mass is 19.1. The molecule has 110 valence electrons. The minimum absolute atomic E-state index is 0.206. The molecule has 20 heavy (non-hydrogen) atoms. The van der Waals surface area contributed by atoms with E-state index < -0.39 is 5.97 Å². The summed E-state index contributed by atoms with van der Waals surface area (Å²) in [6.07, 6.45) is 6.18. The van der Waals surface area contributed by atoms with E-state index in [2.05, 4.69) is 17.0 Å². The summed E-state index contributed by atoms with van der Waals surface area (Å²) in [4.78, 5) is 11.5. The number of rotatable bonds is 4. The summed E-state index contributed by atoms with van der Waals surface area (Å²) in [5.41, 5.74) is 0.748. The first-order valence-corrected chi connectivity index (χ1v) is 7.26. The van der Waals surface area contributed by atoms with Crippen molar-refractivity contribution in [1.29, 1.82) is 0 Å². The SMILES string of the molecule is COC(=O)c1ccc(F)c(NC(C)C2CCCCC2)c1. The maximum Gasteiger partial charge on any atom is 0.337 e. The number of methoxy groups -OCH3 is 1. The molecule has 0 spiro atoms. The van der Waals surface area contributed by atoms with E-state index in [9.17, 15) is 9.18 Å². The molecule has 1 unspecified atom stereocenters. The maximum absolute atomic E-state index is 13.8. The molecule has 0 aromatic heterocycles. The lowest BCUT2D eigenvalue weighted by molar-refractivity contribution is 0.0600. The number of anilines is 1. The molecule has 1 N–H and O–H groups in total. The Morgan fingerprint density at radius 2 is 2.05 bits per heavy atom. The van der Waals surface area contributed by atoms with Gasteiger partial charge in [0.2, 0.25) is 0 Å². The molecular weight excluding hydrogens is 257 g/mol. The van der Waals surface area contributed by atoms with Crippen LogP contribution < -0.4 is 5.32 Å². The predicted molar refractivity (Wildman–Crippen MR) is 77.4 cm³/mol. The molecule has 4 heteroatoms. The minimum atomic E-state index is -0.446. The fourth-order valence-electron chi connectivity index (χ4n) is 2.88. The van der Waals surface area contributed by atoms with Gasteiger partial charge in [-0.15, -0.1) is 0 Å². The molecule has 1 atom stereocenters. The van der Waals surface area contributed by atoms with Crippen LogP contribution in [0.4, 0.5) is 10.1 Å². The van der Waals surface area contributed by atoms with Crippen molar-refractivity contribution in [3.63, 3.8) is 0 Å². The fraction of sp³-hybridized carbons (Fsp3) is 0.562.